The lowest BCUT2D eigenvalue weighted by Gasteiger charge is -2.11. The number of imidazole rings is 1. The second kappa shape index (κ2) is 3.47. The summed E-state index contributed by atoms with van der Waals surface area (Å²) in [6.45, 7) is 2.84. The third-order valence-electron chi connectivity index (χ3n) is 2.65. The topological polar surface area (TPSA) is 47.1 Å². The number of rotatable bonds is 2. The average molecular weight is 180 g/mol. The minimum atomic E-state index is 0.537. The summed E-state index contributed by atoms with van der Waals surface area (Å²) in [5, 5.41) is 0. The Labute approximate surface area is 78.4 Å². The van der Waals surface area contributed by atoms with E-state index in [1.54, 1.807) is 0 Å². The van der Waals surface area contributed by atoms with Gasteiger partial charge in [-0.25, -0.2) is 4.98 Å². The second-order valence-electron chi connectivity index (χ2n) is 3.72. The van der Waals surface area contributed by atoms with Gasteiger partial charge >= 0.3 is 0 Å². The molecule has 1 fully saturated rings. The molecule has 0 bridgehead atoms. The van der Waals surface area contributed by atoms with Gasteiger partial charge in [0.25, 0.3) is 0 Å². The summed E-state index contributed by atoms with van der Waals surface area (Å²) in [6.07, 6.45) is 5.17. The van der Waals surface area contributed by atoms with E-state index >= 15 is 0 Å². The predicted octanol–water partition coefficient (Wildman–Crippen LogP) is 0.218. The minimum absolute atomic E-state index is 0.537. The van der Waals surface area contributed by atoms with Crippen molar-refractivity contribution in [3.05, 3.63) is 18.2 Å². The first-order valence-electron chi connectivity index (χ1n) is 4.70. The van der Waals surface area contributed by atoms with E-state index in [0.717, 1.165) is 12.2 Å². The van der Waals surface area contributed by atoms with Gasteiger partial charge in [-0.3, -0.25) is 0 Å². The number of hydrogen-bond donors (Lipinski definition) is 1. The SMILES string of the molecule is CN1CCC(n2cnc(CN)c2)C1. The highest BCUT2D eigenvalue weighted by atomic mass is 15.2. The molecule has 1 unspecified atom stereocenters. The third-order valence-corrected chi connectivity index (χ3v) is 2.65. The molecule has 0 spiro atoms. The molecule has 1 aliphatic rings. The minimum Gasteiger partial charge on any atom is -0.333 e. The number of nitrogens with two attached hydrogens (primary N) is 1. The van der Waals surface area contributed by atoms with Gasteiger partial charge < -0.3 is 15.2 Å². The van der Waals surface area contributed by atoms with Crippen LogP contribution in [0.3, 0.4) is 0 Å². The first kappa shape index (κ1) is 8.72. The van der Waals surface area contributed by atoms with Crippen LogP contribution in [0.4, 0.5) is 0 Å². The van der Waals surface area contributed by atoms with Gasteiger partial charge in [0, 0.05) is 25.3 Å². The molecule has 0 radical (unpaired) electrons. The van der Waals surface area contributed by atoms with E-state index in [4.69, 9.17) is 5.73 Å². The quantitative estimate of drug-likeness (QED) is 0.708. The molecule has 1 aliphatic heterocycles. The first-order valence-corrected chi connectivity index (χ1v) is 4.70. The van der Waals surface area contributed by atoms with Crippen molar-refractivity contribution >= 4 is 0 Å². The molecule has 0 amide bonds. The standard InChI is InChI=1S/C9H16N4/c1-12-3-2-9(6-12)13-5-8(4-10)11-7-13/h5,7,9H,2-4,6,10H2,1H3. The summed E-state index contributed by atoms with van der Waals surface area (Å²) in [5.41, 5.74) is 6.48. The van der Waals surface area contributed by atoms with Crippen molar-refractivity contribution in [2.24, 2.45) is 5.73 Å². The zero-order chi connectivity index (χ0) is 9.26. The van der Waals surface area contributed by atoms with Gasteiger partial charge in [0.1, 0.15) is 0 Å². The van der Waals surface area contributed by atoms with E-state index in [2.05, 4.69) is 27.7 Å². The van der Waals surface area contributed by atoms with Gasteiger partial charge in [0.05, 0.1) is 12.0 Å². The molecule has 4 heteroatoms. The summed E-state index contributed by atoms with van der Waals surface area (Å²) in [4.78, 5) is 6.56. The molecule has 0 aliphatic carbocycles. The first-order chi connectivity index (χ1) is 6.29. The number of likely N-dealkylation sites (tertiary alicyclic amines) is 1. The zero-order valence-electron chi connectivity index (χ0n) is 7.98. The largest absolute Gasteiger partial charge is 0.333 e. The van der Waals surface area contributed by atoms with E-state index < -0.39 is 0 Å². The third kappa shape index (κ3) is 1.73. The van der Waals surface area contributed by atoms with E-state index in [1.165, 1.54) is 13.0 Å². The fourth-order valence-electron chi connectivity index (χ4n) is 1.84. The Bertz CT molecular complexity index is 281. The molecule has 2 heterocycles. The van der Waals surface area contributed by atoms with Gasteiger partial charge in [-0.05, 0) is 20.0 Å². The molecular formula is C9H16N4. The highest BCUT2D eigenvalue weighted by molar-refractivity contribution is 4.98. The van der Waals surface area contributed by atoms with Crippen LogP contribution in [0.25, 0.3) is 0 Å². The maximum absolute atomic E-state index is 5.50. The summed E-state index contributed by atoms with van der Waals surface area (Å²) in [7, 11) is 2.15. The Morgan fingerprint density at radius 2 is 2.54 bits per heavy atom. The van der Waals surface area contributed by atoms with Crippen LogP contribution in [0.1, 0.15) is 18.2 Å². The average Bonchev–Trinajstić information content (AvgIpc) is 2.71. The van der Waals surface area contributed by atoms with Crippen LogP contribution in [0.5, 0.6) is 0 Å². The van der Waals surface area contributed by atoms with Crippen LogP contribution in [-0.2, 0) is 6.54 Å². The maximum Gasteiger partial charge on any atom is 0.0953 e. The van der Waals surface area contributed by atoms with Crippen molar-refractivity contribution in [2.45, 2.75) is 19.0 Å². The van der Waals surface area contributed by atoms with Gasteiger partial charge in [-0.15, -0.1) is 0 Å². The molecule has 2 N–H and O–H groups in total. The molecule has 72 valence electrons. The molecule has 1 atom stereocenters. The molecule has 1 saturated heterocycles. The van der Waals surface area contributed by atoms with Crippen LogP contribution in [0.15, 0.2) is 12.5 Å². The highest BCUT2D eigenvalue weighted by Gasteiger charge is 2.20. The van der Waals surface area contributed by atoms with E-state index in [-0.39, 0.29) is 0 Å². The lowest BCUT2D eigenvalue weighted by molar-refractivity contribution is 0.392. The van der Waals surface area contributed by atoms with E-state index in [9.17, 15) is 0 Å². The van der Waals surface area contributed by atoms with Gasteiger partial charge in [-0.2, -0.15) is 0 Å². The molecule has 1 aromatic heterocycles. The number of aromatic nitrogens is 2. The highest BCUT2D eigenvalue weighted by Crippen LogP contribution is 2.19. The fraction of sp³-hybridized carbons (Fsp3) is 0.667. The van der Waals surface area contributed by atoms with Crippen molar-refractivity contribution in [2.75, 3.05) is 20.1 Å². The smallest absolute Gasteiger partial charge is 0.0953 e. The van der Waals surface area contributed by atoms with Crippen molar-refractivity contribution in [1.29, 1.82) is 0 Å². The van der Waals surface area contributed by atoms with Crippen LogP contribution < -0.4 is 5.73 Å². The van der Waals surface area contributed by atoms with Crippen molar-refractivity contribution in [3.63, 3.8) is 0 Å². The summed E-state index contributed by atoms with van der Waals surface area (Å²) in [6, 6.07) is 0.595. The lowest BCUT2D eigenvalue weighted by Crippen LogP contribution is -2.15. The van der Waals surface area contributed by atoms with Gasteiger partial charge in [0.2, 0.25) is 0 Å². The molecule has 13 heavy (non-hydrogen) atoms. The Hall–Kier alpha value is -0.870. The van der Waals surface area contributed by atoms with Crippen LogP contribution in [0, 0.1) is 0 Å². The Morgan fingerprint density at radius 1 is 1.69 bits per heavy atom. The predicted molar refractivity (Wildman–Crippen MR) is 51.3 cm³/mol. The van der Waals surface area contributed by atoms with Gasteiger partial charge in [-0.1, -0.05) is 0 Å². The summed E-state index contributed by atoms with van der Waals surface area (Å²) < 4.78 is 2.19. The number of likely N-dealkylation sites (N-methyl/N-ethyl adjacent to an activating group) is 1. The molecule has 0 saturated carbocycles. The van der Waals surface area contributed by atoms with E-state index in [1.807, 2.05) is 6.33 Å². The summed E-state index contributed by atoms with van der Waals surface area (Å²) >= 11 is 0. The normalized spacial score (nSPS) is 24.0. The van der Waals surface area contributed by atoms with Crippen LogP contribution in [-0.4, -0.2) is 34.6 Å². The van der Waals surface area contributed by atoms with Gasteiger partial charge in [0.15, 0.2) is 0 Å². The zero-order valence-corrected chi connectivity index (χ0v) is 7.98. The lowest BCUT2D eigenvalue weighted by atomic mass is 10.2. The molecule has 1 aromatic rings. The molecule has 4 nitrogen and oxygen atoms in total. The maximum atomic E-state index is 5.50. The molecule has 0 aromatic carbocycles. The van der Waals surface area contributed by atoms with Crippen molar-refractivity contribution < 1.29 is 0 Å². The molecular weight excluding hydrogens is 164 g/mol. The van der Waals surface area contributed by atoms with Crippen molar-refractivity contribution in [1.82, 2.24) is 14.5 Å². The molecule has 2 rings (SSSR count). The monoisotopic (exact) mass is 180 g/mol. The van der Waals surface area contributed by atoms with E-state index in [0.29, 0.717) is 12.6 Å². The Balaban J connectivity index is 2.08. The van der Waals surface area contributed by atoms with Crippen molar-refractivity contribution in [3.8, 4) is 0 Å². The summed E-state index contributed by atoms with van der Waals surface area (Å²) in [5.74, 6) is 0. The fourth-order valence-corrected chi connectivity index (χ4v) is 1.84. The second-order valence-corrected chi connectivity index (χ2v) is 3.72. The number of nitrogens with zero attached hydrogens (tertiary/aromatic N) is 3. The number of hydrogen-bond acceptors (Lipinski definition) is 3. The Kier molecular flexibility index (Phi) is 2.33. The van der Waals surface area contributed by atoms with Crippen LogP contribution >= 0.6 is 0 Å². The Morgan fingerprint density at radius 3 is 3.08 bits per heavy atom. The van der Waals surface area contributed by atoms with Crippen LogP contribution in [0.2, 0.25) is 0 Å².